The van der Waals surface area contributed by atoms with Gasteiger partial charge in [0.15, 0.2) is 0 Å². The number of hydrogen-bond donors (Lipinski definition) is 1. The van der Waals surface area contributed by atoms with E-state index in [1.54, 1.807) is 24.3 Å². The van der Waals surface area contributed by atoms with Crippen LogP contribution in [0.25, 0.3) is 0 Å². The highest BCUT2D eigenvalue weighted by molar-refractivity contribution is 7.92. The molecule has 2 amide bonds. The summed E-state index contributed by atoms with van der Waals surface area (Å²) in [4.78, 5) is 37.1. The Morgan fingerprint density at radius 2 is 1.81 bits per heavy atom. The molecule has 0 saturated carbocycles. The molecule has 1 N–H and O–H groups in total. The van der Waals surface area contributed by atoms with Gasteiger partial charge in [-0.05, 0) is 30.7 Å². The van der Waals surface area contributed by atoms with Gasteiger partial charge in [-0.2, -0.15) is 0 Å². The maximum atomic E-state index is 13.2. The molecule has 0 aliphatic carbocycles. The molecule has 0 heterocycles. The van der Waals surface area contributed by atoms with Crippen molar-refractivity contribution in [3.05, 3.63) is 69.2 Å². The molecule has 0 radical (unpaired) electrons. The lowest BCUT2D eigenvalue weighted by atomic mass is 10.1. The van der Waals surface area contributed by atoms with Crippen molar-refractivity contribution in [2.24, 2.45) is 0 Å². The third-order valence-electron chi connectivity index (χ3n) is 4.69. The number of sulfonamides is 1. The van der Waals surface area contributed by atoms with Crippen molar-refractivity contribution in [1.29, 1.82) is 0 Å². The van der Waals surface area contributed by atoms with Crippen LogP contribution in [-0.2, 0) is 26.2 Å². The third-order valence-corrected chi connectivity index (χ3v) is 6.08. The van der Waals surface area contributed by atoms with E-state index in [1.165, 1.54) is 37.1 Å². The molecule has 10 nitrogen and oxygen atoms in total. The van der Waals surface area contributed by atoms with E-state index in [0.717, 1.165) is 16.6 Å². The molecular formula is C20H23ClN4O6S. The van der Waals surface area contributed by atoms with Crippen LogP contribution in [0.2, 0.25) is 5.02 Å². The van der Waals surface area contributed by atoms with Gasteiger partial charge in [-0.1, -0.05) is 29.8 Å². The number of nitrogens with zero attached hydrogens (tertiary/aromatic N) is 3. The highest BCUT2D eigenvalue weighted by atomic mass is 35.5. The van der Waals surface area contributed by atoms with Crippen LogP contribution in [0.3, 0.4) is 0 Å². The molecule has 2 aromatic rings. The Hall–Kier alpha value is -3.18. The second-order valence-corrected chi connectivity index (χ2v) is 9.33. The SMILES string of the molecule is CNC(=O)[C@@H](C)N(Cc1ccc(Cl)cc1)C(=O)CN(c1cccc([N+](=O)[O-])c1)S(C)(=O)=O. The Labute approximate surface area is 191 Å². The average Bonchev–Trinajstić information content (AvgIpc) is 2.75. The zero-order valence-electron chi connectivity index (χ0n) is 17.7. The number of benzene rings is 2. The molecule has 0 unspecified atom stereocenters. The maximum Gasteiger partial charge on any atom is 0.271 e. The maximum absolute atomic E-state index is 13.2. The van der Waals surface area contributed by atoms with Gasteiger partial charge in [-0.25, -0.2) is 8.42 Å². The first-order chi connectivity index (χ1) is 14.9. The Balaban J connectivity index is 2.41. The van der Waals surface area contributed by atoms with Crippen LogP contribution in [0.5, 0.6) is 0 Å². The van der Waals surface area contributed by atoms with Crippen molar-refractivity contribution in [3.8, 4) is 0 Å². The Kier molecular flexibility index (Phi) is 8.17. The van der Waals surface area contributed by atoms with Crippen molar-refractivity contribution in [3.63, 3.8) is 0 Å². The molecule has 0 aromatic heterocycles. The first-order valence-electron chi connectivity index (χ1n) is 9.41. The van der Waals surface area contributed by atoms with E-state index in [0.29, 0.717) is 10.6 Å². The fraction of sp³-hybridized carbons (Fsp3) is 0.300. The molecule has 1 atom stereocenters. The molecular weight excluding hydrogens is 460 g/mol. The van der Waals surface area contributed by atoms with E-state index in [2.05, 4.69) is 5.32 Å². The summed E-state index contributed by atoms with van der Waals surface area (Å²) in [7, 11) is -2.55. The van der Waals surface area contributed by atoms with Crippen LogP contribution in [0.4, 0.5) is 11.4 Å². The van der Waals surface area contributed by atoms with E-state index >= 15 is 0 Å². The first kappa shape index (κ1) is 25.1. The van der Waals surface area contributed by atoms with Gasteiger partial charge in [0.2, 0.25) is 21.8 Å². The number of nitro groups is 1. The largest absolute Gasteiger partial charge is 0.357 e. The highest BCUT2D eigenvalue weighted by Crippen LogP contribution is 2.24. The number of carbonyl (C=O) groups excluding carboxylic acids is 2. The van der Waals surface area contributed by atoms with Gasteiger partial charge in [-0.3, -0.25) is 24.0 Å². The lowest BCUT2D eigenvalue weighted by molar-refractivity contribution is -0.384. The van der Waals surface area contributed by atoms with E-state index in [4.69, 9.17) is 11.6 Å². The Morgan fingerprint density at radius 3 is 2.34 bits per heavy atom. The second-order valence-electron chi connectivity index (χ2n) is 6.98. The minimum absolute atomic E-state index is 0.0249. The van der Waals surface area contributed by atoms with Gasteiger partial charge < -0.3 is 10.2 Å². The topological polar surface area (TPSA) is 130 Å². The van der Waals surface area contributed by atoms with Crippen molar-refractivity contribution in [1.82, 2.24) is 10.2 Å². The van der Waals surface area contributed by atoms with Crippen molar-refractivity contribution in [2.75, 3.05) is 24.2 Å². The second kappa shape index (κ2) is 10.4. The smallest absolute Gasteiger partial charge is 0.271 e. The molecule has 0 bridgehead atoms. The normalized spacial score (nSPS) is 12.0. The number of halogens is 1. The number of hydrogen-bond acceptors (Lipinski definition) is 6. The van der Waals surface area contributed by atoms with Gasteiger partial charge in [0.1, 0.15) is 12.6 Å². The van der Waals surface area contributed by atoms with Crippen molar-refractivity contribution in [2.45, 2.75) is 19.5 Å². The predicted molar refractivity (Wildman–Crippen MR) is 121 cm³/mol. The standard InChI is InChI=1S/C20H23ClN4O6S/c1-14(20(27)22-2)23(12-15-7-9-16(21)10-8-15)19(26)13-24(32(3,30)31)17-5-4-6-18(11-17)25(28)29/h4-11,14H,12-13H2,1-3H3,(H,22,27)/t14-/m1/s1. The zero-order chi connectivity index (χ0) is 24.1. The van der Waals surface area contributed by atoms with Crippen LogP contribution in [0.15, 0.2) is 48.5 Å². The van der Waals surface area contributed by atoms with Crippen LogP contribution >= 0.6 is 11.6 Å². The summed E-state index contributed by atoms with van der Waals surface area (Å²) in [5.74, 6) is -1.10. The summed E-state index contributed by atoms with van der Waals surface area (Å²) in [5, 5.41) is 14.1. The Morgan fingerprint density at radius 1 is 1.19 bits per heavy atom. The number of non-ortho nitro benzene ring substituents is 1. The fourth-order valence-electron chi connectivity index (χ4n) is 2.95. The van der Waals surface area contributed by atoms with Gasteiger partial charge in [0, 0.05) is 30.7 Å². The molecule has 0 saturated heterocycles. The van der Waals surface area contributed by atoms with Crippen LogP contribution in [0.1, 0.15) is 12.5 Å². The van der Waals surface area contributed by atoms with E-state index in [-0.39, 0.29) is 17.9 Å². The summed E-state index contributed by atoms with van der Waals surface area (Å²) in [5.41, 5.74) is 0.328. The summed E-state index contributed by atoms with van der Waals surface area (Å²) < 4.78 is 25.6. The number of nitrogens with one attached hydrogen (secondary N) is 1. The molecule has 2 aromatic carbocycles. The van der Waals surface area contributed by atoms with Gasteiger partial charge >= 0.3 is 0 Å². The van der Waals surface area contributed by atoms with Crippen LogP contribution < -0.4 is 9.62 Å². The fourth-order valence-corrected chi connectivity index (χ4v) is 3.92. The summed E-state index contributed by atoms with van der Waals surface area (Å²) in [6.45, 7) is 0.900. The zero-order valence-corrected chi connectivity index (χ0v) is 19.3. The minimum Gasteiger partial charge on any atom is -0.357 e. The summed E-state index contributed by atoms with van der Waals surface area (Å²) in [6.07, 6.45) is 0.894. The predicted octanol–water partition coefficient (Wildman–Crippen LogP) is 2.18. The van der Waals surface area contributed by atoms with Gasteiger partial charge in [0.25, 0.3) is 5.69 Å². The monoisotopic (exact) mass is 482 g/mol. The molecule has 0 fully saturated rings. The van der Waals surface area contributed by atoms with Crippen molar-refractivity contribution < 1.29 is 22.9 Å². The molecule has 32 heavy (non-hydrogen) atoms. The summed E-state index contributed by atoms with van der Waals surface area (Å²) in [6, 6.07) is 10.7. The molecule has 0 aliphatic heterocycles. The number of likely N-dealkylation sites (N-methyl/N-ethyl adjacent to an activating group) is 1. The van der Waals surface area contributed by atoms with Gasteiger partial charge in [0.05, 0.1) is 16.9 Å². The molecule has 2 rings (SSSR count). The number of anilines is 1. The molecule has 0 aliphatic rings. The Bertz CT molecular complexity index is 1110. The van der Waals surface area contributed by atoms with Crippen molar-refractivity contribution >= 4 is 44.8 Å². The minimum atomic E-state index is -3.97. The van der Waals surface area contributed by atoms with E-state index in [9.17, 15) is 28.1 Å². The summed E-state index contributed by atoms with van der Waals surface area (Å²) >= 11 is 5.90. The number of amides is 2. The lowest BCUT2D eigenvalue weighted by Gasteiger charge is -2.31. The molecule has 172 valence electrons. The average molecular weight is 483 g/mol. The number of rotatable bonds is 9. The molecule has 12 heteroatoms. The quantitative estimate of drug-likeness (QED) is 0.430. The van der Waals surface area contributed by atoms with Crippen LogP contribution in [-0.4, -0.2) is 55.9 Å². The van der Waals surface area contributed by atoms with E-state index < -0.39 is 39.3 Å². The third kappa shape index (κ3) is 6.41. The lowest BCUT2D eigenvalue weighted by Crippen LogP contribution is -2.50. The number of carbonyl (C=O) groups is 2. The number of nitro benzene ring substituents is 1. The van der Waals surface area contributed by atoms with Gasteiger partial charge in [-0.15, -0.1) is 0 Å². The van der Waals surface area contributed by atoms with Crippen LogP contribution in [0, 0.1) is 10.1 Å². The highest BCUT2D eigenvalue weighted by Gasteiger charge is 2.30. The van der Waals surface area contributed by atoms with E-state index in [1.807, 2.05) is 0 Å². The first-order valence-corrected chi connectivity index (χ1v) is 11.6. The molecule has 0 spiro atoms.